The van der Waals surface area contributed by atoms with Gasteiger partial charge >= 0.3 is 0 Å². The molecule has 0 heterocycles. The van der Waals surface area contributed by atoms with Gasteiger partial charge in [0.05, 0.1) is 0 Å². The molecule has 0 saturated carbocycles. The molecule has 0 aliphatic heterocycles. The Morgan fingerprint density at radius 2 is 0.800 bits per heavy atom. The zero-order valence-corrected chi connectivity index (χ0v) is 10.0. The lowest BCUT2D eigenvalue weighted by Crippen LogP contribution is -2.59. The van der Waals surface area contributed by atoms with Crippen LogP contribution in [0.1, 0.15) is 0 Å². The topological polar surface area (TPSA) is 24.1 Å². The van der Waals surface area contributed by atoms with Crippen LogP contribution in [0.2, 0.25) is 39.3 Å². The third kappa shape index (κ3) is 8.35. The van der Waals surface area contributed by atoms with E-state index in [1.54, 1.807) is 0 Å². The van der Waals surface area contributed by atoms with Crippen molar-refractivity contribution >= 4 is 16.5 Å². The average Bonchev–Trinajstić information content (AvgIpc) is 1.57. The molecular weight excluding hydrogens is 156 g/mol. The number of hydrogen-bond donors (Lipinski definition) is 2. The zero-order chi connectivity index (χ0) is 8.41. The monoisotopic (exact) mass is 176 g/mol. The van der Waals surface area contributed by atoms with Gasteiger partial charge in [-0.15, -0.1) is 0 Å². The minimum atomic E-state index is -1.09. The van der Waals surface area contributed by atoms with Crippen molar-refractivity contribution in [3.63, 3.8) is 0 Å². The van der Waals surface area contributed by atoms with Crippen LogP contribution in [0, 0.1) is 0 Å². The van der Waals surface area contributed by atoms with Crippen LogP contribution in [-0.2, 0) is 0 Å². The Morgan fingerprint density at radius 3 is 0.900 bits per heavy atom. The Morgan fingerprint density at radius 1 is 0.600 bits per heavy atom. The first kappa shape index (κ1) is 10.4. The molecule has 0 radical (unpaired) electrons. The highest BCUT2D eigenvalue weighted by atomic mass is 28.3. The Kier molecular flexibility index (Phi) is 3.28. The Balaban J connectivity index is 3.56. The smallest absolute Gasteiger partial charge is 0.131 e. The minimum absolute atomic E-state index is 1.09. The molecule has 2 N–H and O–H groups in total. The van der Waals surface area contributed by atoms with Gasteiger partial charge in [-0.2, -0.15) is 0 Å². The Hall–Kier alpha value is 0.354. The molecular formula is C6H20N2Si2. The maximum atomic E-state index is 3.41. The summed E-state index contributed by atoms with van der Waals surface area (Å²) in [6, 6.07) is 0. The van der Waals surface area contributed by atoms with Crippen LogP contribution < -0.4 is 10.2 Å². The molecule has 4 heteroatoms. The number of rotatable bonds is 3. The first-order chi connectivity index (χ1) is 4.21. The van der Waals surface area contributed by atoms with Gasteiger partial charge in [0.1, 0.15) is 16.5 Å². The summed E-state index contributed by atoms with van der Waals surface area (Å²) in [7, 11) is -2.19. The van der Waals surface area contributed by atoms with Crippen molar-refractivity contribution in [1.82, 2.24) is 10.2 Å². The molecule has 0 saturated heterocycles. The molecule has 0 aliphatic carbocycles. The van der Waals surface area contributed by atoms with Gasteiger partial charge in [-0.25, -0.2) is 0 Å². The second kappa shape index (κ2) is 3.17. The zero-order valence-electron chi connectivity index (χ0n) is 8.00. The van der Waals surface area contributed by atoms with E-state index in [-0.39, 0.29) is 0 Å². The number of hydrogen-bond acceptors (Lipinski definition) is 2. The van der Waals surface area contributed by atoms with E-state index in [4.69, 9.17) is 0 Å². The van der Waals surface area contributed by atoms with E-state index in [0.29, 0.717) is 0 Å². The summed E-state index contributed by atoms with van der Waals surface area (Å²) >= 11 is 0. The molecule has 0 aliphatic rings. The molecule has 0 unspecified atom stereocenters. The van der Waals surface area contributed by atoms with Gasteiger partial charge in [0.15, 0.2) is 0 Å². The highest BCUT2D eigenvalue weighted by Crippen LogP contribution is 1.96. The second-order valence-corrected chi connectivity index (χ2v) is 14.2. The fourth-order valence-corrected chi connectivity index (χ4v) is 3.38. The van der Waals surface area contributed by atoms with E-state index in [2.05, 4.69) is 49.5 Å². The number of hydrazine groups is 1. The van der Waals surface area contributed by atoms with E-state index in [1.165, 1.54) is 0 Å². The fourth-order valence-electron chi connectivity index (χ4n) is 0.375. The molecule has 2 nitrogen and oxygen atoms in total. The summed E-state index contributed by atoms with van der Waals surface area (Å²) in [5, 5.41) is 6.82. The van der Waals surface area contributed by atoms with E-state index in [0.717, 1.165) is 0 Å². The van der Waals surface area contributed by atoms with Crippen molar-refractivity contribution in [3.05, 3.63) is 0 Å². The molecule has 0 aromatic rings. The Labute approximate surface area is 66.6 Å². The molecule has 10 heavy (non-hydrogen) atoms. The fraction of sp³-hybridized carbons (Fsp3) is 1.00. The predicted octanol–water partition coefficient (Wildman–Crippen LogP) is 1.75. The van der Waals surface area contributed by atoms with Crippen LogP contribution in [0.25, 0.3) is 0 Å². The molecule has 0 aromatic carbocycles. The van der Waals surface area contributed by atoms with E-state index in [9.17, 15) is 0 Å². The summed E-state index contributed by atoms with van der Waals surface area (Å²) in [5.41, 5.74) is 0. The molecule has 0 bridgehead atoms. The minimum Gasteiger partial charge on any atom is -0.285 e. The van der Waals surface area contributed by atoms with Gasteiger partial charge in [0.25, 0.3) is 0 Å². The Bertz CT molecular complexity index is 87.3. The first-order valence-electron chi connectivity index (χ1n) is 3.75. The molecule has 0 rings (SSSR count). The highest BCUT2D eigenvalue weighted by Gasteiger charge is 2.17. The lowest BCUT2D eigenvalue weighted by molar-refractivity contribution is 0.866. The quantitative estimate of drug-likeness (QED) is 0.506. The summed E-state index contributed by atoms with van der Waals surface area (Å²) < 4.78 is 0. The van der Waals surface area contributed by atoms with Crippen molar-refractivity contribution in [2.45, 2.75) is 39.3 Å². The van der Waals surface area contributed by atoms with E-state index >= 15 is 0 Å². The molecule has 0 aromatic heterocycles. The average molecular weight is 176 g/mol. The van der Waals surface area contributed by atoms with E-state index < -0.39 is 16.5 Å². The lowest BCUT2D eigenvalue weighted by atomic mass is 11.8. The van der Waals surface area contributed by atoms with Crippen LogP contribution in [0.4, 0.5) is 0 Å². The maximum absolute atomic E-state index is 3.41. The van der Waals surface area contributed by atoms with Gasteiger partial charge in [-0.3, -0.25) is 10.2 Å². The van der Waals surface area contributed by atoms with Crippen molar-refractivity contribution in [2.24, 2.45) is 0 Å². The van der Waals surface area contributed by atoms with Crippen molar-refractivity contribution < 1.29 is 0 Å². The third-order valence-electron chi connectivity index (χ3n) is 0.812. The van der Waals surface area contributed by atoms with Crippen LogP contribution in [0.15, 0.2) is 0 Å². The standard InChI is InChI=1S/C6H20N2Si2/c1-9(2,3)7-8-10(4,5)6/h7-8H,1-6H3. The van der Waals surface area contributed by atoms with Crippen LogP contribution in [0.5, 0.6) is 0 Å². The predicted molar refractivity (Wildman–Crippen MR) is 53.0 cm³/mol. The van der Waals surface area contributed by atoms with Crippen molar-refractivity contribution in [3.8, 4) is 0 Å². The summed E-state index contributed by atoms with van der Waals surface area (Å²) in [4.78, 5) is 0. The van der Waals surface area contributed by atoms with Gasteiger partial charge in [0, 0.05) is 0 Å². The van der Waals surface area contributed by atoms with Gasteiger partial charge < -0.3 is 0 Å². The molecule has 0 atom stereocenters. The van der Waals surface area contributed by atoms with Gasteiger partial charge in [-0.05, 0) is 0 Å². The van der Waals surface area contributed by atoms with Crippen LogP contribution >= 0.6 is 0 Å². The van der Waals surface area contributed by atoms with Crippen LogP contribution in [-0.4, -0.2) is 16.5 Å². The normalized spacial score (nSPS) is 13.8. The maximum Gasteiger partial charge on any atom is 0.131 e. The third-order valence-corrected chi connectivity index (χ3v) is 2.81. The number of nitrogens with one attached hydrogen (secondary N) is 2. The summed E-state index contributed by atoms with van der Waals surface area (Å²) in [6.45, 7) is 13.8. The molecule has 62 valence electrons. The lowest BCUT2D eigenvalue weighted by Gasteiger charge is -2.26. The molecule has 0 amide bonds. The molecule has 0 spiro atoms. The SMILES string of the molecule is C[Si](C)(C)NN[Si](C)(C)C. The first-order valence-corrected chi connectivity index (χ1v) is 10.8. The van der Waals surface area contributed by atoms with Crippen molar-refractivity contribution in [1.29, 1.82) is 0 Å². The summed E-state index contributed by atoms with van der Waals surface area (Å²) in [6.07, 6.45) is 0. The van der Waals surface area contributed by atoms with Crippen LogP contribution in [0.3, 0.4) is 0 Å². The van der Waals surface area contributed by atoms with Gasteiger partial charge in [-0.1, -0.05) is 39.3 Å². The van der Waals surface area contributed by atoms with Gasteiger partial charge in [0.2, 0.25) is 0 Å². The molecule has 0 fully saturated rings. The second-order valence-electron chi connectivity index (χ2n) is 4.75. The highest BCUT2D eigenvalue weighted by molar-refractivity contribution is 6.77. The largest absolute Gasteiger partial charge is 0.285 e. The van der Waals surface area contributed by atoms with Crippen molar-refractivity contribution in [2.75, 3.05) is 0 Å². The van der Waals surface area contributed by atoms with E-state index in [1.807, 2.05) is 0 Å². The summed E-state index contributed by atoms with van der Waals surface area (Å²) in [5.74, 6) is 0.